The van der Waals surface area contributed by atoms with Crippen LogP contribution in [0.3, 0.4) is 0 Å². The molecule has 0 amide bonds. The third-order valence-corrected chi connectivity index (χ3v) is 2.55. The van der Waals surface area contributed by atoms with Gasteiger partial charge in [-0.05, 0) is 32.2 Å². The van der Waals surface area contributed by atoms with Gasteiger partial charge in [-0.25, -0.2) is 0 Å². The van der Waals surface area contributed by atoms with E-state index in [1.54, 1.807) is 0 Å². The highest BCUT2D eigenvalue weighted by molar-refractivity contribution is 4.70. The van der Waals surface area contributed by atoms with Crippen LogP contribution >= 0.6 is 0 Å². The molecule has 0 rings (SSSR count). The average Bonchev–Trinajstić information content (AvgIpc) is 2.10. The van der Waals surface area contributed by atoms with Crippen LogP contribution in [0.15, 0.2) is 12.7 Å². The van der Waals surface area contributed by atoms with Gasteiger partial charge in [-0.15, -0.1) is 6.58 Å². The zero-order chi connectivity index (χ0) is 9.40. The van der Waals surface area contributed by atoms with E-state index in [1.807, 2.05) is 6.08 Å². The van der Waals surface area contributed by atoms with Crippen molar-refractivity contribution in [3.05, 3.63) is 12.7 Å². The molecule has 0 bridgehead atoms. The largest absolute Gasteiger partial charge is 0.314 e. The van der Waals surface area contributed by atoms with E-state index in [1.165, 1.54) is 12.8 Å². The van der Waals surface area contributed by atoms with Gasteiger partial charge in [-0.3, -0.25) is 0 Å². The van der Waals surface area contributed by atoms with E-state index in [9.17, 15) is 0 Å². The zero-order valence-corrected chi connectivity index (χ0v) is 8.77. The van der Waals surface area contributed by atoms with Crippen LogP contribution in [-0.4, -0.2) is 12.6 Å². The third-order valence-electron chi connectivity index (χ3n) is 2.55. The van der Waals surface area contributed by atoms with Gasteiger partial charge in [0.15, 0.2) is 0 Å². The summed E-state index contributed by atoms with van der Waals surface area (Å²) in [6, 6.07) is 0.653. The normalized spacial score (nSPS) is 15.6. The fourth-order valence-corrected chi connectivity index (χ4v) is 1.13. The molecular formula is C11H23N. The number of hydrogen-bond acceptors (Lipinski definition) is 1. The Balaban J connectivity index is 3.30. The first-order valence-corrected chi connectivity index (χ1v) is 5.06. The first-order chi connectivity index (χ1) is 5.72. The summed E-state index contributed by atoms with van der Waals surface area (Å²) in [7, 11) is 0. The predicted octanol–water partition coefficient (Wildman–Crippen LogP) is 2.98. The van der Waals surface area contributed by atoms with Crippen molar-refractivity contribution in [1.29, 1.82) is 0 Å². The van der Waals surface area contributed by atoms with E-state index in [0.29, 0.717) is 6.04 Å². The minimum Gasteiger partial charge on any atom is -0.314 e. The van der Waals surface area contributed by atoms with Crippen molar-refractivity contribution in [3.63, 3.8) is 0 Å². The molecule has 1 heteroatoms. The van der Waals surface area contributed by atoms with Gasteiger partial charge in [0, 0.05) is 6.04 Å². The zero-order valence-electron chi connectivity index (χ0n) is 8.77. The van der Waals surface area contributed by atoms with Crippen molar-refractivity contribution in [2.24, 2.45) is 5.92 Å². The highest BCUT2D eigenvalue weighted by Crippen LogP contribution is 2.06. The summed E-state index contributed by atoms with van der Waals surface area (Å²) in [5.74, 6) is 0.786. The average molecular weight is 169 g/mol. The Labute approximate surface area is 77.2 Å². The van der Waals surface area contributed by atoms with Gasteiger partial charge in [-0.2, -0.15) is 0 Å². The van der Waals surface area contributed by atoms with E-state index in [2.05, 4.69) is 32.7 Å². The molecule has 0 aliphatic rings. The Morgan fingerprint density at radius 2 is 2.08 bits per heavy atom. The van der Waals surface area contributed by atoms with Crippen LogP contribution in [-0.2, 0) is 0 Å². The quantitative estimate of drug-likeness (QED) is 0.456. The van der Waals surface area contributed by atoms with E-state index in [0.717, 1.165) is 18.9 Å². The molecule has 0 saturated heterocycles. The molecule has 0 spiro atoms. The van der Waals surface area contributed by atoms with Crippen molar-refractivity contribution in [1.82, 2.24) is 5.32 Å². The fourth-order valence-electron chi connectivity index (χ4n) is 1.13. The van der Waals surface area contributed by atoms with Crippen molar-refractivity contribution in [2.45, 2.75) is 46.1 Å². The van der Waals surface area contributed by atoms with Gasteiger partial charge >= 0.3 is 0 Å². The lowest BCUT2D eigenvalue weighted by molar-refractivity contribution is 0.389. The Morgan fingerprint density at radius 1 is 1.42 bits per heavy atom. The van der Waals surface area contributed by atoms with Gasteiger partial charge in [0.05, 0.1) is 0 Å². The SMILES string of the molecule is C=CCCCNC(C)C(C)CC. The van der Waals surface area contributed by atoms with Gasteiger partial charge < -0.3 is 5.32 Å². The van der Waals surface area contributed by atoms with Crippen molar-refractivity contribution >= 4 is 0 Å². The molecular weight excluding hydrogens is 146 g/mol. The second-order valence-electron chi connectivity index (χ2n) is 3.56. The van der Waals surface area contributed by atoms with Crippen LogP contribution in [0.2, 0.25) is 0 Å². The van der Waals surface area contributed by atoms with Gasteiger partial charge in [-0.1, -0.05) is 26.3 Å². The molecule has 2 unspecified atom stereocenters. The summed E-state index contributed by atoms with van der Waals surface area (Å²) >= 11 is 0. The summed E-state index contributed by atoms with van der Waals surface area (Å²) in [5.41, 5.74) is 0. The monoisotopic (exact) mass is 169 g/mol. The number of nitrogens with one attached hydrogen (secondary N) is 1. The van der Waals surface area contributed by atoms with Crippen LogP contribution < -0.4 is 5.32 Å². The maximum atomic E-state index is 3.70. The Hall–Kier alpha value is -0.300. The van der Waals surface area contributed by atoms with Gasteiger partial charge in [0.2, 0.25) is 0 Å². The molecule has 72 valence electrons. The van der Waals surface area contributed by atoms with Crippen molar-refractivity contribution in [2.75, 3.05) is 6.54 Å². The van der Waals surface area contributed by atoms with Crippen molar-refractivity contribution < 1.29 is 0 Å². The van der Waals surface area contributed by atoms with E-state index < -0.39 is 0 Å². The summed E-state index contributed by atoms with van der Waals surface area (Å²) < 4.78 is 0. The maximum absolute atomic E-state index is 3.70. The minimum atomic E-state index is 0.653. The van der Waals surface area contributed by atoms with Gasteiger partial charge in [0.25, 0.3) is 0 Å². The summed E-state index contributed by atoms with van der Waals surface area (Å²) in [6.07, 6.45) is 5.58. The number of hydrogen-bond donors (Lipinski definition) is 1. The predicted molar refractivity (Wildman–Crippen MR) is 56.4 cm³/mol. The standard InChI is InChI=1S/C11H23N/c1-5-7-8-9-12-11(4)10(3)6-2/h5,10-12H,1,6-9H2,2-4H3. The Bertz CT molecular complexity index is 110. The third kappa shape index (κ3) is 5.36. The summed E-state index contributed by atoms with van der Waals surface area (Å²) in [6.45, 7) is 11.6. The molecule has 0 fully saturated rings. The highest BCUT2D eigenvalue weighted by atomic mass is 14.9. The molecule has 0 saturated carbocycles. The molecule has 0 aromatic carbocycles. The fraction of sp³-hybridized carbons (Fsp3) is 0.818. The van der Waals surface area contributed by atoms with E-state index in [-0.39, 0.29) is 0 Å². The summed E-state index contributed by atoms with van der Waals surface area (Å²) in [5, 5.41) is 3.52. The lowest BCUT2D eigenvalue weighted by Crippen LogP contribution is -2.32. The number of unbranched alkanes of at least 4 members (excludes halogenated alkanes) is 1. The van der Waals surface area contributed by atoms with E-state index in [4.69, 9.17) is 0 Å². The molecule has 0 aliphatic heterocycles. The highest BCUT2D eigenvalue weighted by Gasteiger charge is 2.07. The lowest BCUT2D eigenvalue weighted by atomic mass is 10.0. The second kappa shape index (κ2) is 7.35. The molecule has 1 nitrogen and oxygen atoms in total. The molecule has 0 radical (unpaired) electrons. The molecule has 0 aliphatic carbocycles. The molecule has 0 heterocycles. The van der Waals surface area contributed by atoms with Crippen LogP contribution in [0, 0.1) is 5.92 Å². The first-order valence-electron chi connectivity index (χ1n) is 5.06. The van der Waals surface area contributed by atoms with Crippen molar-refractivity contribution in [3.8, 4) is 0 Å². The van der Waals surface area contributed by atoms with Crippen LogP contribution in [0.5, 0.6) is 0 Å². The molecule has 0 aromatic heterocycles. The Morgan fingerprint density at radius 3 is 2.58 bits per heavy atom. The number of allylic oxidation sites excluding steroid dienone is 1. The molecule has 12 heavy (non-hydrogen) atoms. The smallest absolute Gasteiger partial charge is 0.00642 e. The number of rotatable bonds is 7. The topological polar surface area (TPSA) is 12.0 Å². The molecule has 2 atom stereocenters. The second-order valence-corrected chi connectivity index (χ2v) is 3.56. The minimum absolute atomic E-state index is 0.653. The van der Waals surface area contributed by atoms with Crippen LogP contribution in [0.1, 0.15) is 40.0 Å². The maximum Gasteiger partial charge on any atom is 0.00642 e. The summed E-state index contributed by atoms with van der Waals surface area (Å²) in [4.78, 5) is 0. The molecule has 1 N–H and O–H groups in total. The molecule has 0 aromatic rings. The van der Waals surface area contributed by atoms with Gasteiger partial charge in [0.1, 0.15) is 0 Å². The first kappa shape index (κ1) is 11.7. The van der Waals surface area contributed by atoms with E-state index >= 15 is 0 Å². The Kier molecular flexibility index (Phi) is 7.17. The lowest BCUT2D eigenvalue weighted by Gasteiger charge is -2.19. The van der Waals surface area contributed by atoms with Crippen LogP contribution in [0.25, 0.3) is 0 Å². The van der Waals surface area contributed by atoms with Crippen LogP contribution in [0.4, 0.5) is 0 Å².